The van der Waals surface area contributed by atoms with Crippen LogP contribution >= 0.6 is 11.8 Å². The van der Waals surface area contributed by atoms with Crippen molar-refractivity contribution in [1.82, 2.24) is 10.2 Å². The first-order valence-corrected chi connectivity index (χ1v) is 7.09. The number of hydrogen-bond donors (Lipinski definition) is 1. The quantitative estimate of drug-likeness (QED) is 0.722. The van der Waals surface area contributed by atoms with E-state index in [2.05, 4.69) is 30.3 Å². The zero-order valence-electron chi connectivity index (χ0n) is 9.75. The first-order chi connectivity index (χ1) is 6.74. The summed E-state index contributed by atoms with van der Waals surface area (Å²) in [6.07, 6.45) is 4.82. The predicted molar refractivity (Wildman–Crippen MR) is 66.1 cm³/mol. The molecule has 0 aromatic carbocycles. The molecular formula is C11H24N2S. The molecule has 0 radical (unpaired) electrons. The molecule has 1 saturated heterocycles. The third-order valence-electron chi connectivity index (χ3n) is 2.98. The number of thioether (sulfide) groups is 1. The molecule has 3 heteroatoms. The summed E-state index contributed by atoms with van der Waals surface area (Å²) in [5, 5.41) is 3.55. The van der Waals surface area contributed by atoms with Gasteiger partial charge in [-0.3, -0.25) is 4.90 Å². The molecule has 1 N–H and O–H groups in total. The van der Waals surface area contributed by atoms with Gasteiger partial charge in [-0.05, 0) is 51.8 Å². The minimum absolute atomic E-state index is 0.661. The van der Waals surface area contributed by atoms with Crippen molar-refractivity contribution in [2.24, 2.45) is 0 Å². The van der Waals surface area contributed by atoms with Crippen LogP contribution in [0.5, 0.6) is 0 Å². The summed E-state index contributed by atoms with van der Waals surface area (Å²) in [6, 6.07) is 1.42. The molecule has 2 atom stereocenters. The standard InChI is InChI=1S/C11H24N2S/c1-10-9-13(7-4-8-14-3)11(2)5-6-12-10/h10-12H,4-9H2,1-3H3. The first kappa shape index (κ1) is 12.3. The van der Waals surface area contributed by atoms with Gasteiger partial charge < -0.3 is 5.32 Å². The van der Waals surface area contributed by atoms with E-state index in [9.17, 15) is 0 Å². The minimum atomic E-state index is 0.661. The smallest absolute Gasteiger partial charge is 0.0166 e. The Morgan fingerprint density at radius 1 is 1.43 bits per heavy atom. The maximum absolute atomic E-state index is 3.55. The Balaban J connectivity index is 2.30. The van der Waals surface area contributed by atoms with E-state index in [4.69, 9.17) is 0 Å². The summed E-state index contributed by atoms with van der Waals surface area (Å²) < 4.78 is 0. The number of hydrogen-bond acceptors (Lipinski definition) is 3. The summed E-state index contributed by atoms with van der Waals surface area (Å²) in [5.41, 5.74) is 0. The second-order valence-corrected chi connectivity index (χ2v) is 5.32. The summed E-state index contributed by atoms with van der Waals surface area (Å²) in [7, 11) is 0. The normalized spacial score (nSPS) is 30.2. The van der Waals surface area contributed by atoms with E-state index in [0.717, 1.165) is 6.04 Å². The fourth-order valence-corrected chi connectivity index (χ4v) is 2.46. The Kier molecular flexibility index (Phi) is 5.90. The molecule has 0 bridgehead atoms. The van der Waals surface area contributed by atoms with Gasteiger partial charge >= 0.3 is 0 Å². The second kappa shape index (κ2) is 6.70. The van der Waals surface area contributed by atoms with Gasteiger partial charge in [-0.25, -0.2) is 0 Å². The zero-order chi connectivity index (χ0) is 10.4. The maximum Gasteiger partial charge on any atom is 0.0166 e. The van der Waals surface area contributed by atoms with Crippen LogP contribution in [0.4, 0.5) is 0 Å². The van der Waals surface area contributed by atoms with E-state index in [1.54, 1.807) is 0 Å². The second-order valence-electron chi connectivity index (χ2n) is 4.33. The zero-order valence-corrected chi connectivity index (χ0v) is 10.6. The number of nitrogens with one attached hydrogen (secondary N) is 1. The van der Waals surface area contributed by atoms with E-state index in [0.29, 0.717) is 6.04 Å². The van der Waals surface area contributed by atoms with Crippen LogP contribution in [-0.2, 0) is 0 Å². The third-order valence-corrected chi connectivity index (χ3v) is 3.68. The molecule has 0 aliphatic carbocycles. The van der Waals surface area contributed by atoms with Gasteiger partial charge in [-0.2, -0.15) is 11.8 Å². The SMILES string of the molecule is CSCCCN1CC(C)NCCC1C. The molecule has 14 heavy (non-hydrogen) atoms. The number of rotatable bonds is 4. The molecule has 1 fully saturated rings. The molecular weight excluding hydrogens is 192 g/mol. The van der Waals surface area contributed by atoms with Crippen molar-refractivity contribution in [3.05, 3.63) is 0 Å². The van der Waals surface area contributed by atoms with Crippen LogP contribution in [0.15, 0.2) is 0 Å². The van der Waals surface area contributed by atoms with Gasteiger partial charge in [-0.15, -0.1) is 0 Å². The van der Waals surface area contributed by atoms with Crippen molar-refractivity contribution >= 4 is 11.8 Å². The summed E-state index contributed by atoms with van der Waals surface area (Å²) in [4.78, 5) is 2.64. The van der Waals surface area contributed by atoms with Crippen molar-refractivity contribution in [1.29, 1.82) is 0 Å². The molecule has 2 nitrogen and oxygen atoms in total. The Bertz CT molecular complexity index is 152. The van der Waals surface area contributed by atoms with Gasteiger partial charge in [0.05, 0.1) is 0 Å². The van der Waals surface area contributed by atoms with E-state index in [-0.39, 0.29) is 0 Å². The van der Waals surface area contributed by atoms with Crippen LogP contribution in [-0.4, -0.2) is 48.6 Å². The summed E-state index contributed by atoms with van der Waals surface area (Å²) in [5.74, 6) is 1.30. The Hall–Kier alpha value is 0.270. The largest absolute Gasteiger partial charge is 0.313 e. The lowest BCUT2D eigenvalue weighted by Gasteiger charge is -2.27. The van der Waals surface area contributed by atoms with E-state index in [1.807, 2.05) is 11.8 Å². The van der Waals surface area contributed by atoms with Crippen molar-refractivity contribution in [3.63, 3.8) is 0 Å². The maximum atomic E-state index is 3.55. The Morgan fingerprint density at radius 3 is 2.93 bits per heavy atom. The predicted octanol–water partition coefficient (Wildman–Crippen LogP) is 1.81. The van der Waals surface area contributed by atoms with Gasteiger partial charge in [-0.1, -0.05) is 0 Å². The lowest BCUT2D eigenvalue weighted by molar-refractivity contribution is 0.208. The fourth-order valence-electron chi connectivity index (χ4n) is 2.04. The highest BCUT2D eigenvalue weighted by Crippen LogP contribution is 2.10. The van der Waals surface area contributed by atoms with Crippen molar-refractivity contribution < 1.29 is 0 Å². The molecule has 0 aromatic rings. The van der Waals surface area contributed by atoms with Gasteiger partial charge in [0, 0.05) is 18.6 Å². The van der Waals surface area contributed by atoms with Gasteiger partial charge in [0.15, 0.2) is 0 Å². The molecule has 84 valence electrons. The van der Waals surface area contributed by atoms with Crippen LogP contribution in [0.2, 0.25) is 0 Å². The van der Waals surface area contributed by atoms with Gasteiger partial charge in [0.25, 0.3) is 0 Å². The van der Waals surface area contributed by atoms with Crippen LogP contribution < -0.4 is 5.32 Å². The highest BCUT2D eigenvalue weighted by Gasteiger charge is 2.19. The first-order valence-electron chi connectivity index (χ1n) is 5.70. The average Bonchev–Trinajstić information content (AvgIpc) is 2.30. The number of nitrogens with zero attached hydrogens (tertiary/aromatic N) is 1. The van der Waals surface area contributed by atoms with Crippen molar-refractivity contribution in [2.45, 2.75) is 38.8 Å². The van der Waals surface area contributed by atoms with Gasteiger partial charge in [0.2, 0.25) is 0 Å². The van der Waals surface area contributed by atoms with Crippen LogP contribution in [0, 0.1) is 0 Å². The molecule has 0 aromatic heterocycles. The van der Waals surface area contributed by atoms with Crippen molar-refractivity contribution in [2.75, 3.05) is 31.6 Å². The van der Waals surface area contributed by atoms with Crippen LogP contribution in [0.1, 0.15) is 26.7 Å². The van der Waals surface area contributed by atoms with Crippen LogP contribution in [0.3, 0.4) is 0 Å². The minimum Gasteiger partial charge on any atom is -0.313 e. The lowest BCUT2D eigenvalue weighted by atomic mass is 10.2. The molecule has 1 rings (SSSR count). The highest BCUT2D eigenvalue weighted by molar-refractivity contribution is 7.98. The van der Waals surface area contributed by atoms with Gasteiger partial charge in [0.1, 0.15) is 0 Å². The van der Waals surface area contributed by atoms with E-state index < -0.39 is 0 Å². The highest BCUT2D eigenvalue weighted by atomic mass is 32.2. The fraction of sp³-hybridized carbons (Fsp3) is 1.00. The third kappa shape index (κ3) is 4.20. The Labute approximate surface area is 92.8 Å². The monoisotopic (exact) mass is 216 g/mol. The summed E-state index contributed by atoms with van der Waals surface area (Å²) in [6.45, 7) is 8.32. The molecule has 0 spiro atoms. The van der Waals surface area contributed by atoms with Crippen LogP contribution in [0.25, 0.3) is 0 Å². The van der Waals surface area contributed by atoms with Crippen molar-refractivity contribution in [3.8, 4) is 0 Å². The molecule has 0 saturated carbocycles. The van der Waals surface area contributed by atoms with E-state index >= 15 is 0 Å². The average molecular weight is 216 g/mol. The Morgan fingerprint density at radius 2 is 2.21 bits per heavy atom. The summed E-state index contributed by atoms with van der Waals surface area (Å²) >= 11 is 1.96. The molecule has 1 aliphatic rings. The molecule has 1 heterocycles. The van der Waals surface area contributed by atoms with E-state index in [1.165, 1.54) is 38.2 Å². The molecule has 1 aliphatic heterocycles. The molecule has 0 amide bonds. The lowest BCUT2D eigenvalue weighted by Crippen LogP contribution is -2.39. The topological polar surface area (TPSA) is 15.3 Å². The molecule has 2 unspecified atom stereocenters.